The molecule has 1 atom stereocenters. The fourth-order valence-corrected chi connectivity index (χ4v) is 1.69. The zero-order valence-electron chi connectivity index (χ0n) is 8.44. The third-order valence-corrected chi connectivity index (χ3v) is 2.48. The van der Waals surface area contributed by atoms with Crippen LogP contribution in [0.4, 0.5) is 0 Å². The predicted molar refractivity (Wildman–Crippen MR) is 56.3 cm³/mol. The lowest BCUT2D eigenvalue weighted by atomic mass is 10.1. The SMILES string of the molecule is CC(C)n1ncc(C(N)CCO)c1Cl. The van der Waals surface area contributed by atoms with Crippen LogP contribution < -0.4 is 5.73 Å². The molecule has 5 heteroatoms. The van der Waals surface area contributed by atoms with Crippen molar-refractivity contribution in [3.8, 4) is 0 Å². The van der Waals surface area contributed by atoms with E-state index in [1.54, 1.807) is 10.9 Å². The van der Waals surface area contributed by atoms with Gasteiger partial charge in [0.15, 0.2) is 0 Å². The Balaban J connectivity index is 2.89. The van der Waals surface area contributed by atoms with Gasteiger partial charge >= 0.3 is 0 Å². The first-order valence-electron chi connectivity index (χ1n) is 4.67. The Morgan fingerprint density at radius 1 is 1.64 bits per heavy atom. The summed E-state index contributed by atoms with van der Waals surface area (Å²) in [5.74, 6) is 0. The molecule has 1 aromatic rings. The second-order valence-corrected chi connectivity index (χ2v) is 3.91. The van der Waals surface area contributed by atoms with Gasteiger partial charge in [-0.15, -0.1) is 0 Å². The van der Waals surface area contributed by atoms with E-state index in [4.69, 9.17) is 22.4 Å². The average Bonchev–Trinajstić information content (AvgIpc) is 2.47. The summed E-state index contributed by atoms with van der Waals surface area (Å²) in [6.07, 6.45) is 2.17. The predicted octanol–water partition coefficient (Wildman–Crippen LogP) is 1.50. The van der Waals surface area contributed by atoms with Crippen molar-refractivity contribution in [3.05, 3.63) is 16.9 Å². The molecule has 4 nitrogen and oxygen atoms in total. The van der Waals surface area contributed by atoms with E-state index < -0.39 is 0 Å². The van der Waals surface area contributed by atoms with Crippen molar-refractivity contribution in [2.45, 2.75) is 32.4 Å². The lowest BCUT2D eigenvalue weighted by Gasteiger charge is -2.10. The number of aliphatic hydroxyl groups excluding tert-OH is 1. The topological polar surface area (TPSA) is 64.1 Å². The van der Waals surface area contributed by atoms with Crippen molar-refractivity contribution in [1.29, 1.82) is 0 Å². The molecule has 14 heavy (non-hydrogen) atoms. The standard InChI is InChI=1S/C9H16ClN3O/c1-6(2)13-9(10)7(5-12-13)8(11)3-4-14/h5-6,8,14H,3-4,11H2,1-2H3. The first-order chi connectivity index (χ1) is 6.57. The van der Waals surface area contributed by atoms with Gasteiger partial charge in [0.25, 0.3) is 0 Å². The summed E-state index contributed by atoms with van der Waals surface area (Å²) < 4.78 is 1.72. The zero-order valence-corrected chi connectivity index (χ0v) is 9.20. The van der Waals surface area contributed by atoms with E-state index in [-0.39, 0.29) is 18.7 Å². The van der Waals surface area contributed by atoms with Crippen LogP contribution in [0.5, 0.6) is 0 Å². The Morgan fingerprint density at radius 3 is 2.71 bits per heavy atom. The Morgan fingerprint density at radius 2 is 2.29 bits per heavy atom. The van der Waals surface area contributed by atoms with E-state index in [0.29, 0.717) is 11.6 Å². The minimum Gasteiger partial charge on any atom is -0.396 e. The smallest absolute Gasteiger partial charge is 0.132 e. The first kappa shape index (κ1) is 11.5. The number of nitrogens with zero attached hydrogens (tertiary/aromatic N) is 2. The molecule has 0 fully saturated rings. The van der Waals surface area contributed by atoms with Crippen LogP contribution in [0.2, 0.25) is 5.15 Å². The molecule has 0 amide bonds. The average molecular weight is 218 g/mol. The molecule has 0 aliphatic heterocycles. The fraction of sp³-hybridized carbons (Fsp3) is 0.667. The summed E-state index contributed by atoms with van der Waals surface area (Å²) in [4.78, 5) is 0. The molecule has 0 saturated carbocycles. The monoisotopic (exact) mass is 217 g/mol. The van der Waals surface area contributed by atoms with Crippen LogP contribution in [0.25, 0.3) is 0 Å². The Labute approximate surface area is 88.7 Å². The molecule has 1 aromatic heterocycles. The van der Waals surface area contributed by atoms with Crippen LogP contribution in [-0.2, 0) is 0 Å². The number of rotatable bonds is 4. The summed E-state index contributed by atoms with van der Waals surface area (Å²) in [6.45, 7) is 4.06. The summed E-state index contributed by atoms with van der Waals surface area (Å²) >= 11 is 6.09. The van der Waals surface area contributed by atoms with Gasteiger partial charge in [0.2, 0.25) is 0 Å². The molecule has 80 valence electrons. The van der Waals surface area contributed by atoms with Crippen molar-refractivity contribution < 1.29 is 5.11 Å². The number of nitrogens with two attached hydrogens (primary N) is 1. The Kier molecular flexibility index (Phi) is 3.92. The molecular formula is C9H16ClN3O. The molecule has 0 spiro atoms. The third kappa shape index (κ3) is 2.26. The van der Waals surface area contributed by atoms with Crippen molar-refractivity contribution in [2.75, 3.05) is 6.61 Å². The van der Waals surface area contributed by atoms with Crippen LogP contribution >= 0.6 is 11.6 Å². The minimum absolute atomic E-state index is 0.0599. The van der Waals surface area contributed by atoms with Gasteiger partial charge < -0.3 is 10.8 Å². The number of aliphatic hydroxyl groups is 1. The highest BCUT2D eigenvalue weighted by Gasteiger charge is 2.15. The quantitative estimate of drug-likeness (QED) is 0.804. The van der Waals surface area contributed by atoms with Crippen molar-refractivity contribution in [3.63, 3.8) is 0 Å². The number of aromatic nitrogens is 2. The van der Waals surface area contributed by atoms with Gasteiger partial charge in [0.05, 0.1) is 6.20 Å². The van der Waals surface area contributed by atoms with E-state index in [0.717, 1.165) is 5.56 Å². The summed E-state index contributed by atoms with van der Waals surface area (Å²) in [7, 11) is 0. The number of hydrogen-bond donors (Lipinski definition) is 2. The van der Waals surface area contributed by atoms with Crippen LogP contribution in [0.15, 0.2) is 6.20 Å². The molecule has 0 aliphatic carbocycles. The Bertz CT molecular complexity index is 298. The summed E-state index contributed by atoms with van der Waals surface area (Å²) in [6, 6.07) is -0.0161. The number of halogens is 1. The van der Waals surface area contributed by atoms with E-state index >= 15 is 0 Å². The summed E-state index contributed by atoms with van der Waals surface area (Å²) in [5, 5.41) is 13.5. The first-order valence-corrected chi connectivity index (χ1v) is 5.05. The highest BCUT2D eigenvalue weighted by atomic mass is 35.5. The maximum Gasteiger partial charge on any atom is 0.132 e. The van der Waals surface area contributed by atoms with Crippen LogP contribution in [0.1, 0.15) is 37.9 Å². The molecule has 1 heterocycles. The molecule has 0 aliphatic rings. The van der Waals surface area contributed by atoms with Gasteiger partial charge in [-0.2, -0.15) is 5.10 Å². The summed E-state index contributed by atoms with van der Waals surface area (Å²) in [5.41, 5.74) is 6.62. The highest BCUT2D eigenvalue weighted by molar-refractivity contribution is 6.30. The fourth-order valence-electron chi connectivity index (χ4n) is 1.26. The van der Waals surface area contributed by atoms with Gasteiger partial charge in [-0.25, -0.2) is 0 Å². The lowest BCUT2D eigenvalue weighted by molar-refractivity contribution is 0.276. The minimum atomic E-state index is -0.236. The van der Waals surface area contributed by atoms with E-state index in [9.17, 15) is 0 Å². The van der Waals surface area contributed by atoms with Crippen molar-refractivity contribution in [2.24, 2.45) is 5.73 Å². The molecule has 3 N–H and O–H groups in total. The zero-order chi connectivity index (χ0) is 10.7. The molecule has 0 bridgehead atoms. The van der Waals surface area contributed by atoms with Crippen LogP contribution in [0.3, 0.4) is 0 Å². The normalized spacial score (nSPS) is 13.6. The van der Waals surface area contributed by atoms with Gasteiger partial charge in [-0.1, -0.05) is 11.6 Å². The van der Waals surface area contributed by atoms with E-state index in [2.05, 4.69) is 5.10 Å². The second-order valence-electron chi connectivity index (χ2n) is 3.55. The van der Waals surface area contributed by atoms with E-state index in [1.807, 2.05) is 13.8 Å². The lowest BCUT2D eigenvalue weighted by Crippen LogP contribution is -2.12. The van der Waals surface area contributed by atoms with Gasteiger partial charge in [0, 0.05) is 24.3 Å². The largest absolute Gasteiger partial charge is 0.396 e. The van der Waals surface area contributed by atoms with E-state index in [1.165, 1.54) is 0 Å². The maximum absolute atomic E-state index is 8.75. The molecule has 0 saturated heterocycles. The Hall–Kier alpha value is -0.580. The van der Waals surface area contributed by atoms with Gasteiger partial charge in [-0.05, 0) is 20.3 Å². The highest BCUT2D eigenvalue weighted by Crippen LogP contribution is 2.25. The van der Waals surface area contributed by atoms with Gasteiger partial charge in [0.1, 0.15) is 5.15 Å². The molecule has 1 unspecified atom stereocenters. The molecule has 1 rings (SSSR count). The number of hydrogen-bond acceptors (Lipinski definition) is 3. The third-order valence-electron chi connectivity index (χ3n) is 2.09. The molecular weight excluding hydrogens is 202 g/mol. The van der Waals surface area contributed by atoms with Crippen molar-refractivity contribution >= 4 is 11.6 Å². The van der Waals surface area contributed by atoms with Crippen molar-refractivity contribution in [1.82, 2.24) is 9.78 Å². The van der Waals surface area contributed by atoms with Gasteiger partial charge in [-0.3, -0.25) is 4.68 Å². The van der Waals surface area contributed by atoms with Crippen LogP contribution in [0, 0.1) is 0 Å². The molecule has 0 aromatic carbocycles. The molecule has 0 radical (unpaired) electrons. The maximum atomic E-state index is 8.75. The van der Waals surface area contributed by atoms with Crippen LogP contribution in [-0.4, -0.2) is 21.5 Å². The second kappa shape index (κ2) is 4.77.